The van der Waals surface area contributed by atoms with Crippen molar-refractivity contribution in [3.05, 3.63) is 19.8 Å². The van der Waals surface area contributed by atoms with Gasteiger partial charge in [-0.25, -0.2) is 13.8 Å². The van der Waals surface area contributed by atoms with Crippen molar-refractivity contribution in [1.29, 1.82) is 0 Å². The Balaban J connectivity index is 3.33. The molecule has 2 N–H and O–H groups in total. The molecule has 0 saturated heterocycles. The number of hydrogen-bond acceptors (Lipinski definition) is 2. The summed E-state index contributed by atoms with van der Waals surface area (Å²) in [5.74, 6) is 0.133. The third-order valence-electron chi connectivity index (χ3n) is 1.25. The van der Waals surface area contributed by atoms with E-state index < -0.39 is 6.43 Å². The minimum absolute atomic E-state index is 0.0944. The van der Waals surface area contributed by atoms with Gasteiger partial charge in [-0.2, -0.15) is 0 Å². The first-order valence-electron chi connectivity index (χ1n) is 2.91. The second-order valence-corrected chi connectivity index (χ2v) is 3.95. The number of aromatic nitrogens is 1. The molecule has 0 unspecified atom stereocenters. The second-order valence-electron chi connectivity index (χ2n) is 2.02. The molecule has 0 aliphatic carbocycles. The molecule has 0 spiro atoms. The Morgan fingerprint density at radius 3 is 2.58 bits per heavy atom. The lowest BCUT2D eigenvalue weighted by Gasteiger charge is -2.06. The zero-order valence-corrected chi connectivity index (χ0v) is 9.43. The summed E-state index contributed by atoms with van der Waals surface area (Å²) < 4.78 is 25.3. The summed E-state index contributed by atoms with van der Waals surface area (Å²) in [6.07, 6.45) is -1.25. The van der Waals surface area contributed by atoms with Crippen molar-refractivity contribution in [3.63, 3.8) is 0 Å². The molecule has 0 aliphatic heterocycles. The van der Waals surface area contributed by atoms with Crippen LogP contribution in [0.25, 0.3) is 0 Å². The van der Waals surface area contributed by atoms with Crippen molar-refractivity contribution < 1.29 is 8.78 Å². The first-order valence-corrected chi connectivity index (χ1v) is 4.78. The van der Waals surface area contributed by atoms with E-state index in [9.17, 15) is 8.78 Å². The maximum absolute atomic E-state index is 12.4. The number of pyridine rings is 1. The number of anilines is 1. The summed E-state index contributed by atoms with van der Waals surface area (Å²) in [5.41, 5.74) is 5.26. The number of nitrogen functional groups attached to an aromatic ring is 1. The van der Waals surface area contributed by atoms with Gasteiger partial charge in [0.2, 0.25) is 0 Å². The number of nitrogens with zero attached hydrogens (tertiary/aromatic N) is 1. The van der Waals surface area contributed by atoms with Gasteiger partial charge in [0.15, 0.2) is 0 Å². The number of nitrogens with two attached hydrogens (primary N) is 1. The summed E-state index contributed by atoms with van der Waals surface area (Å²) in [6, 6.07) is 0. The van der Waals surface area contributed by atoms with Crippen molar-refractivity contribution in [2.75, 3.05) is 5.73 Å². The van der Waals surface area contributed by atoms with E-state index in [4.69, 9.17) is 5.73 Å². The molecule has 0 amide bonds. The van der Waals surface area contributed by atoms with Crippen molar-refractivity contribution in [2.45, 2.75) is 6.43 Å². The molecule has 1 rings (SSSR count). The first kappa shape index (κ1) is 10.1. The highest BCUT2D eigenvalue weighted by Crippen LogP contribution is 2.32. The van der Waals surface area contributed by atoms with E-state index >= 15 is 0 Å². The summed E-state index contributed by atoms with van der Waals surface area (Å²) in [6.45, 7) is 0. The van der Waals surface area contributed by atoms with Gasteiger partial charge in [-0.15, -0.1) is 0 Å². The average Bonchev–Trinajstić information content (AvgIpc) is 1.97. The molecule has 6 heteroatoms. The fraction of sp³-hybridized carbons (Fsp3) is 0.167. The van der Waals surface area contributed by atoms with Crippen LogP contribution in [0.3, 0.4) is 0 Å². The lowest BCUT2D eigenvalue weighted by atomic mass is 10.3. The SMILES string of the molecule is Nc1ncc(Br)c(C(F)F)c1I. The molecule has 0 radical (unpaired) electrons. The van der Waals surface area contributed by atoms with Crippen LogP contribution >= 0.6 is 38.5 Å². The molecular weight excluding hydrogens is 345 g/mol. The average molecular weight is 349 g/mol. The van der Waals surface area contributed by atoms with Crippen molar-refractivity contribution >= 4 is 44.3 Å². The van der Waals surface area contributed by atoms with Gasteiger partial charge in [0.25, 0.3) is 6.43 Å². The van der Waals surface area contributed by atoms with Gasteiger partial charge >= 0.3 is 0 Å². The standard InChI is InChI=1S/C6H4BrF2IN2/c7-2-1-12-6(11)4(10)3(2)5(8)9/h1,5H,(H2,11,12). The van der Waals surface area contributed by atoms with Gasteiger partial charge < -0.3 is 5.73 Å². The third-order valence-corrected chi connectivity index (χ3v) is 3.02. The van der Waals surface area contributed by atoms with E-state index in [1.54, 1.807) is 22.6 Å². The monoisotopic (exact) mass is 348 g/mol. The van der Waals surface area contributed by atoms with Crippen LogP contribution in [-0.2, 0) is 0 Å². The topological polar surface area (TPSA) is 38.9 Å². The quantitative estimate of drug-likeness (QED) is 0.792. The van der Waals surface area contributed by atoms with E-state index in [0.29, 0.717) is 3.57 Å². The Kier molecular flexibility index (Phi) is 3.22. The molecule has 12 heavy (non-hydrogen) atoms. The van der Waals surface area contributed by atoms with Crippen LogP contribution < -0.4 is 5.73 Å². The van der Waals surface area contributed by atoms with Crippen molar-refractivity contribution in [2.24, 2.45) is 0 Å². The zero-order valence-electron chi connectivity index (χ0n) is 5.69. The minimum atomic E-state index is -2.53. The molecule has 0 bridgehead atoms. The highest BCUT2D eigenvalue weighted by atomic mass is 127. The second kappa shape index (κ2) is 3.82. The van der Waals surface area contributed by atoms with Gasteiger partial charge in [-0.05, 0) is 38.5 Å². The van der Waals surface area contributed by atoms with Gasteiger partial charge in [-0.1, -0.05) is 0 Å². The molecule has 2 nitrogen and oxygen atoms in total. The van der Waals surface area contributed by atoms with E-state index in [0.717, 1.165) is 0 Å². The van der Waals surface area contributed by atoms with Crippen molar-refractivity contribution in [3.8, 4) is 0 Å². The van der Waals surface area contributed by atoms with Gasteiger partial charge in [0, 0.05) is 10.7 Å². The van der Waals surface area contributed by atoms with E-state index in [2.05, 4.69) is 20.9 Å². The Morgan fingerprint density at radius 1 is 1.58 bits per heavy atom. The number of halogens is 4. The fourth-order valence-corrected chi connectivity index (χ4v) is 2.20. The van der Waals surface area contributed by atoms with Crippen LogP contribution in [0, 0.1) is 3.57 Å². The Morgan fingerprint density at radius 2 is 2.17 bits per heavy atom. The minimum Gasteiger partial charge on any atom is -0.383 e. The summed E-state index contributed by atoms with van der Waals surface area (Å²) in [5, 5.41) is 0. The van der Waals surface area contributed by atoms with Crippen LogP contribution in [0.1, 0.15) is 12.0 Å². The smallest absolute Gasteiger partial charge is 0.266 e. The number of alkyl halides is 2. The molecule has 66 valence electrons. The summed E-state index contributed by atoms with van der Waals surface area (Å²) in [4.78, 5) is 3.71. The Hall–Kier alpha value is 0.0200. The summed E-state index contributed by atoms with van der Waals surface area (Å²) >= 11 is 4.73. The Labute approximate surface area is 89.8 Å². The number of hydrogen-bond donors (Lipinski definition) is 1. The Bertz CT molecular complexity index is 306. The molecule has 1 heterocycles. The van der Waals surface area contributed by atoms with Crippen LogP contribution in [0.15, 0.2) is 10.7 Å². The number of rotatable bonds is 1. The third kappa shape index (κ3) is 1.85. The van der Waals surface area contributed by atoms with Crippen LogP contribution in [-0.4, -0.2) is 4.98 Å². The molecule has 0 fully saturated rings. The fourth-order valence-electron chi connectivity index (χ4n) is 0.695. The van der Waals surface area contributed by atoms with Crippen LogP contribution in [0.4, 0.5) is 14.6 Å². The predicted octanol–water partition coefficient (Wildman–Crippen LogP) is 2.97. The predicted molar refractivity (Wildman–Crippen MR) is 54.0 cm³/mol. The molecule has 1 aromatic rings. The first-order chi connectivity index (χ1) is 5.54. The molecule has 0 saturated carbocycles. The lowest BCUT2D eigenvalue weighted by Crippen LogP contribution is -2.00. The molecule has 0 aliphatic rings. The van der Waals surface area contributed by atoms with Crippen LogP contribution in [0.5, 0.6) is 0 Å². The van der Waals surface area contributed by atoms with Crippen molar-refractivity contribution in [1.82, 2.24) is 4.98 Å². The largest absolute Gasteiger partial charge is 0.383 e. The maximum Gasteiger partial charge on any atom is 0.266 e. The maximum atomic E-state index is 12.4. The lowest BCUT2D eigenvalue weighted by molar-refractivity contribution is 0.149. The highest BCUT2D eigenvalue weighted by Gasteiger charge is 2.17. The van der Waals surface area contributed by atoms with E-state index in [1.807, 2.05) is 0 Å². The molecule has 0 atom stereocenters. The molecule has 1 aromatic heterocycles. The van der Waals surface area contributed by atoms with Gasteiger partial charge in [0.05, 0.1) is 9.13 Å². The zero-order chi connectivity index (χ0) is 9.30. The highest BCUT2D eigenvalue weighted by molar-refractivity contribution is 14.1. The molecular formula is C6H4BrF2IN2. The van der Waals surface area contributed by atoms with Crippen LogP contribution in [0.2, 0.25) is 0 Å². The van der Waals surface area contributed by atoms with Gasteiger partial charge in [0.1, 0.15) is 5.82 Å². The van der Waals surface area contributed by atoms with E-state index in [-0.39, 0.29) is 15.9 Å². The van der Waals surface area contributed by atoms with E-state index in [1.165, 1.54) is 6.20 Å². The molecule has 0 aromatic carbocycles. The normalized spacial score (nSPS) is 10.8. The summed E-state index contributed by atoms with van der Waals surface area (Å²) in [7, 11) is 0. The van der Waals surface area contributed by atoms with Gasteiger partial charge in [-0.3, -0.25) is 0 Å².